The first kappa shape index (κ1) is 15.4. The summed E-state index contributed by atoms with van der Waals surface area (Å²) < 4.78 is 13.1. The highest BCUT2D eigenvalue weighted by Crippen LogP contribution is 2.16. The Labute approximate surface area is 113 Å². The van der Waals surface area contributed by atoms with Crippen LogP contribution in [0.1, 0.15) is 30.1 Å². The van der Waals surface area contributed by atoms with Gasteiger partial charge < -0.3 is 15.3 Å². The zero-order valence-corrected chi connectivity index (χ0v) is 11.6. The maximum atomic E-state index is 13.1. The summed E-state index contributed by atoms with van der Waals surface area (Å²) in [6.07, 6.45) is 2.02. The summed E-state index contributed by atoms with van der Waals surface area (Å²) in [5.74, 6) is -1.57. The van der Waals surface area contributed by atoms with Crippen molar-refractivity contribution in [2.45, 2.75) is 25.8 Å². The first-order valence-electron chi connectivity index (χ1n) is 6.38. The number of rotatable bonds is 6. The first-order valence-corrected chi connectivity index (χ1v) is 6.38. The van der Waals surface area contributed by atoms with Crippen molar-refractivity contribution in [2.24, 2.45) is 0 Å². The number of carbonyl (C=O) groups is 1. The van der Waals surface area contributed by atoms with Crippen molar-refractivity contribution in [3.05, 3.63) is 29.6 Å². The number of carbonyl (C=O) groups excluding carboxylic acids is 1. The number of nitrogens with one attached hydrogen (secondary N) is 1. The summed E-state index contributed by atoms with van der Waals surface area (Å²) in [5.41, 5.74) is 0.212. The summed E-state index contributed by atoms with van der Waals surface area (Å²) in [4.78, 5) is 13.9. The highest BCUT2D eigenvalue weighted by atomic mass is 19.1. The maximum Gasteiger partial charge on any atom is 0.251 e. The Hall–Kier alpha value is -1.62. The predicted molar refractivity (Wildman–Crippen MR) is 72.8 cm³/mol. The molecule has 4 nitrogen and oxygen atoms in total. The summed E-state index contributed by atoms with van der Waals surface area (Å²) in [6, 6.07) is 3.88. The lowest BCUT2D eigenvalue weighted by atomic mass is 10.1. The van der Waals surface area contributed by atoms with Gasteiger partial charge in [0.1, 0.15) is 0 Å². The van der Waals surface area contributed by atoms with Crippen LogP contribution in [0.4, 0.5) is 4.39 Å². The Morgan fingerprint density at radius 2 is 2.16 bits per heavy atom. The third kappa shape index (κ3) is 4.52. The molecule has 0 aliphatic rings. The van der Waals surface area contributed by atoms with E-state index in [4.69, 9.17) is 5.11 Å². The van der Waals surface area contributed by atoms with Crippen LogP contribution in [0.15, 0.2) is 18.2 Å². The number of hydrogen-bond donors (Lipinski definition) is 2. The number of nitrogens with zero attached hydrogens (tertiary/aromatic N) is 1. The molecule has 1 rings (SSSR count). The maximum absolute atomic E-state index is 13.1. The third-order valence-electron chi connectivity index (χ3n) is 3.06. The van der Waals surface area contributed by atoms with E-state index in [1.54, 1.807) is 0 Å². The van der Waals surface area contributed by atoms with Crippen LogP contribution in [0.3, 0.4) is 0 Å². The molecule has 0 heterocycles. The molecule has 19 heavy (non-hydrogen) atoms. The van der Waals surface area contributed by atoms with Gasteiger partial charge in [-0.15, -0.1) is 0 Å². The van der Waals surface area contributed by atoms with Gasteiger partial charge in [0.25, 0.3) is 5.91 Å². The molecule has 1 aromatic carbocycles. The molecule has 5 heteroatoms. The molecule has 0 bridgehead atoms. The van der Waals surface area contributed by atoms with Gasteiger partial charge in [-0.25, -0.2) is 4.39 Å². The molecule has 0 radical (unpaired) electrons. The summed E-state index contributed by atoms with van der Waals surface area (Å²) in [7, 11) is 3.93. The van der Waals surface area contributed by atoms with Gasteiger partial charge in [0.15, 0.2) is 11.6 Å². The zero-order valence-electron chi connectivity index (χ0n) is 11.6. The number of halogens is 1. The molecule has 2 N–H and O–H groups in total. The number of phenolic OH excluding ortho intramolecular Hbond substituents is 1. The minimum atomic E-state index is -0.787. The van der Waals surface area contributed by atoms with Gasteiger partial charge in [0, 0.05) is 18.2 Å². The van der Waals surface area contributed by atoms with E-state index in [2.05, 4.69) is 17.1 Å². The van der Waals surface area contributed by atoms with Crippen LogP contribution in [0, 0.1) is 5.82 Å². The molecule has 0 saturated heterocycles. The van der Waals surface area contributed by atoms with Crippen LogP contribution in [-0.2, 0) is 0 Å². The fourth-order valence-electron chi connectivity index (χ4n) is 1.84. The van der Waals surface area contributed by atoms with Gasteiger partial charge in [-0.2, -0.15) is 0 Å². The quantitative estimate of drug-likeness (QED) is 0.829. The Bertz CT molecular complexity index is 435. The van der Waals surface area contributed by atoms with E-state index in [9.17, 15) is 9.18 Å². The van der Waals surface area contributed by atoms with Crippen molar-refractivity contribution >= 4 is 5.91 Å². The fraction of sp³-hybridized carbons (Fsp3) is 0.500. The van der Waals surface area contributed by atoms with Crippen LogP contribution in [0.25, 0.3) is 0 Å². The highest BCUT2D eigenvalue weighted by Gasteiger charge is 2.13. The summed E-state index contributed by atoms with van der Waals surface area (Å²) >= 11 is 0. The zero-order chi connectivity index (χ0) is 14.4. The molecular formula is C14H21FN2O2. The molecule has 0 aromatic heterocycles. The number of likely N-dealkylation sites (N-methyl/N-ethyl adjacent to an activating group) is 1. The lowest BCUT2D eigenvalue weighted by molar-refractivity contribution is 0.0940. The average Bonchev–Trinajstić information content (AvgIpc) is 2.37. The molecule has 1 atom stereocenters. The van der Waals surface area contributed by atoms with Crippen molar-refractivity contribution in [3.8, 4) is 5.75 Å². The molecule has 0 saturated carbocycles. The monoisotopic (exact) mass is 268 g/mol. The molecule has 1 amide bonds. The summed E-state index contributed by atoms with van der Waals surface area (Å²) in [5, 5.41) is 11.9. The average molecular weight is 268 g/mol. The Balaban J connectivity index is 2.61. The Morgan fingerprint density at radius 3 is 2.68 bits per heavy atom. The minimum absolute atomic E-state index is 0.212. The smallest absolute Gasteiger partial charge is 0.251 e. The van der Waals surface area contributed by atoms with E-state index in [1.807, 2.05) is 14.1 Å². The van der Waals surface area contributed by atoms with Gasteiger partial charge in [0.2, 0.25) is 0 Å². The largest absolute Gasteiger partial charge is 0.505 e. The molecule has 1 aromatic rings. The molecule has 0 unspecified atom stereocenters. The van der Waals surface area contributed by atoms with Crippen LogP contribution in [-0.4, -0.2) is 42.6 Å². The molecule has 0 spiro atoms. The van der Waals surface area contributed by atoms with Crippen LogP contribution >= 0.6 is 0 Å². The van der Waals surface area contributed by atoms with Crippen molar-refractivity contribution in [2.75, 3.05) is 20.6 Å². The van der Waals surface area contributed by atoms with E-state index in [-0.39, 0.29) is 17.5 Å². The molecule has 0 aliphatic heterocycles. The minimum Gasteiger partial charge on any atom is -0.505 e. The van der Waals surface area contributed by atoms with Gasteiger partial charge in [-0.3, -0.25) is 4.79 Å². The normalized spacial score (nSPS) is 12.5. The second kappa shape index (κ2) is 7.09. The number of benzene rings is 1. The SMILES string of the molecule is CCC[C@@H](CNC(=O)c1ccc(O)c(F)c1)N(C)C. The summed E-state index contributed by atoms with van der Waals surface area (Å²) in [6.45, 7) is 2.61. The first-order chi connectivity index (χ1) is 8.95. The van der Waals surface area contributed by atoms with Crippen molar-refractivity contribution in [1.29, 1.82) is 0 Å². The standard InChI is InChI=1S/C14H21FN2O2/c1-4-5-11(17(2)3)9-16-14(19)10-6-7-13(18)12(15)8-10/h6-8,11,18H,4-5,9H2,1-3H3,(H,16,19)/t11-/m0/s1. The molecule has 106 valence electrons. The van der Waals surface area contributed by atoms with Crippen molar-refractivity contribution in [3.63, 3.8) is 0 Å². The van der Waals surface area contributed by atoms with E-state index in [1.165, 1.54) is 12.1 Å². The second-order valence-electron chi connectivity index (χ2n) is 4.78. The van der Waals surface area contributed by atoms with Gasteiger partial charge >= 0.3 is 0 Å². The second-order valence-corrected chi connectivity index (χ2v) is 4.78. The molecular weight excluding hydrogens is 247 g/mol. The number of aromatic hydroxyl groups is 1. The number of phenols is 1. The Kier molecular flexibility index (Phi) is 5.76. The molecule has 0 fully saturated rings. The Morgan fingerprint density at radius 1 is 1.47 bits per heavy atom. The van der Waals surface area contributed by atoms with E-state index in [0.717, 1.165) is 18.9 Å². The third-order valence-corrected chi connectivity index (χ3v) is 3.06. The number of hydrogen-bond acceptors (Lipinski definition) is 3. The fourth-order valence-corrected chi connectivity index (χ4v) is 1.84. The lowest BCUT2D eigenvalue weighted by Crippen LogP contribution is -2.40. The van der Waals surface area contributed by atoms with Crippen LogP contribution < -0.4 is 5.32 Å². The van der Waals surface area contributed by atoms with E-state index >= 15 is 0 Å². The van der Waals surface area contributed by atoms with Crippen molar-refractivity contribution in [1.82, 2.24) is 10.2 Å². The van der Waals surface area contributed by atoms with E-state index in [0.29, 0.717) is 6.54 Å². The molecule has 0 aliphatic carbocycles. The van der Waals surface area contributed by atoms with Crippen LogP contribution in [0.5, 0.6) is 5.75 Å². The highest BCUT2D eigenvalue weighted by molar-refractivity contribution is 5.94. The van der Waals surface area contributed by atoms with Gasteiger partial charge in [-0.05, 0) is 38.7 Å². The topological polar surface area (TPSA) is 52.6 Å². The van der Waals surface area contributed by atoms with Crippen LogP contribution in [0.2, 0.25) is 0 Å². The van der Waals surface area contributed by atoms with Crippen molar-refractivity contribution < 1.29 is 14.3 Å². The van der Waals surface area contributed by atoms with Gasteiger partial charge in [-0.1, -0.05) is 13.3 Å². The number of amides is 1. The lowest BCUT2D eigenvalue weighted by Gasteiger charge is -2.24. The van der Waals surface area contributed by atoms with E-state index < -0.39 is 11.6 Å². The predicted octanol–water partition coefficient (Wildman–Crippen LogP) is 1.99. The van der Waals surface area contributed by atoms with Gasteiger partial charge in [0.05, 0.1) is 0 Å².